The van der Waals surface area contributed by atoms with Crippen LogP contribution >= 0.6 is 11.3 Å². The van der Waals surface area contributed by atoms with Gasteiger partial charge < -0.3 is 4.74 Å². The second kappa shape index (κ2) is 7.04. The maximum absolute atomic E-state index is 11.7. The van der Waals surface area contributed by atoms with Gasteiger partial charge in [0.05, 0.1) is 6.21 Å². The van der Waals surface area contributed by atoms with Crippen LogP contribution in [0.3, 0.4) is 0 Å². The smallest absolute Gasteiger partial charge is 0.277 e. The quantitative estimate of drug-likeness (QED) is 0.681. The highest BCUT2D eigenvalue weighted by Gasteiger charge is 2.06. The number of carbonyl (C=O) groups is 1. The van der Waals surface area contributed by atoms with E-state index in [0.29, 0.717) is 0 Å². The third kappa shape index (κ3) is 4.43. The Labute approximate surface area is 128 Å². The van der Waals surface area contributed by atoms with Crippen molar-refractivity contribution in [1.29, 1.82) is 0 Å². The molecule has 0 fully saturated rings. The topological polar surface area (TPSA) is 50.7 Å². The third-order valence-corrected chi connectivity index (χ3v) is 3.83. The molecule has 1 aromatic heterocycles. The van der Waals surface area contributed by atoms with Gasteiger partial charge in [-0.05, 0) is 44.0 Å². The average molecular weight is 302 g/mol. The second-order valence-electron chi connectivity index (χ2n) is 4.75. The monoisotopic (exact) mass is 302 g/mol. The van der Waals surface area contributed by atoms with E-state index in [0.717, 1.165) is 21.8 Å². The van der Waals surface area contributed by atoms with Crippen molar-refractivity contribution in [1.82, 2.24) is 5.43 Å². The molecule has 0 saturated heterocycles. The fraction of sp³-hybridized carbons (Fsp3) is 0.250. The normalized spacial score (nSPS) is 10.8. The summed E-state index contributed by atoms with van der Waals surface area (Å²) in [6, 6.07) is 9.85. The number of benzene rings is 1. The molecule has 0 aliphatic carbocycles. The van der Waals surface area contributed by atoms with Gasteiger partial charge in [0.25, 0.3) is 5.91 Å². The summed E-state index contributed by atoms with van der Waals surface area (Å²) in [6.07, 6.45) is 1.63. The summed E-state index contributed by atoms with van der Waals surface area (Å²) < 4.78 is 5.55. The lowest BCUT2D eigenvalue weighted by Crippen LogP contribution is -2.24. The highest BCUT2D eigenvalue weighted by molar-refractivity contribution is 7.13. The number of rotatable bonds is 5. The number of carbonyl (C=O) groups excluding carboxylic acids is 1. The Kier molecular flexibility index (Phi) is 5.11. The van der Waals surface area contributed by atoms with Crippen LogP contribution in [0.25, 0.3) is 0 Å². The van der Waals surface area contributed by atoms with Gasteiger partial charge in [0.15, 0.2) is 6.61 Å². The van der Waals surface area contributed by atoms with E-state index in [1.54, 1.807) is 17.6 Å². The molecular formula is C16H18N2O2S. The maximum Gasteiger partial charge on any atom is 0.277 e. The van der Waals surface area contributed by atoms with E-state index >= 15 is 0 Å². The van der Waals surface area contributed by atoms with Crippen LogP contribution in [0, 0.1) is 20.8 Å². The molecule has 2 rings (SSSR count). The first-order valence-corrected chi connectivity index (χ1v) is 7.45. The number of hydrazone groups is 1. The Balaban J connectivity index is 1.84. The van der Waals surface area contributed by atoms with Gasteiger partial charge in [-0.25, -0.2) is 5.43 Å². The molecule has 1 amide bonds. The van der Waals surface area contributed by atoms with E-state index in [1.807, 2.05) is 51.1 Å². The minimum atomic E-state index is -0.276. The Morgan fingerprint density at radius 1 is 1.24 bits per heavy atom. The van der Waals surface area contributed by atoms with Gasteiger partial charge in [0.2, 0.25) is 0 Å². The molecule has 0 aliphatic heterocycles. The molecule has 0 radical (unpaired) electrons. The van der Waals surface area contributed by atoms with Gasteiger partial charge in [0.1, 0.15) is 5.75 Å². The van der Waals surface area contributed by atoms with Gasteiger partial charge in [-0.2, -0.15) is 5.10 Å². The Hall–Kier alpha value is -2.14. The SMILES string of the molecule is Cc1ccc(C=NNC(=O)COc2c(C)cccc2C)s1. The van der Waals surface area contributed by atoms with Crippen molar-refractivity contribution >= 4 is 23.5 Å². The van der Waals surface area contributed by atoms with Crippen molar-refractivity contribution in [3.05, 3.63) is 51.2 Å². The Morgan fingerprint density at radius 3 is 2.57 bits per heavy atom. The highest BCUT2D eigenvalue weighted by atomic mass is 32.1. The number of nitrogens with one attached hydrogen (secondary N) is 1. The van der Waals surface area contributed by atoms with Crippen molar-refractivity contribution in [2.45, 2.75) is 20.8 Å². The van der Waals surface area contributed by atoms with Gasteiger partial charge in [-0.3, -0.25) is 4.79 Å². The molecule has 0 atom stereocenters. The first kappa shape index (κ1) is 15.3. The lowest BCUT2D eigenvalue weighted by Gasteiger charge is -2.10. The lowest BCUT2D eigenvalue weighted by molar-refractivity contribution is -0.123. The second-order valence-corrected chi connectivity index (χ2v) is 6.07. The van der Waals surface area contributed by atoms with Crippen molar-refractivity contribution in [2.75, 3.05) is 6.61 Å². The molecule has 1 N–H and O–H groups in total. The van der Waals surface area contributed by atoms with Crippen LogP contribution in [0.1, 0.15) is 20.9 Å². The van der Waals surface area contributed by atoms with Gasteiger partial charge in [-0.15, -0.1) is 11.3 Å². The van der Waals surface area contributed by atoms with Crippen molar-refractivity contribution in [3.8, 4) is 5.75 Å². The molecule has 4 nitrogen and oxygen atoms in total. The summed E-state index contributed by atoms with van der Waals surface area (Å²) in [5.41, 5.74) is 4.49. The van der Waals surface area contributed by atoms with Crippen molar-refractivity contribution < 1.29 is 9.53 Å². The zero-order valence-corrected chi connectivity index (χ0v) is 13.2. The number of ether oxygens (including phenoxy) is 1. The minimum Gasteiger partial charge on any atom is -0.483 e. The summed E-state index contributed by atoms with van der Waals surface area (Å²) in [6.45, 7) is 5.89. The fourth-order valence-corrected chi connectivity index (χ4v) is 2.64. The van der Waals surface area contributed by atoms with Crippen LogP contribution in [0.5, 0.6) is 5.75 Å². The summed E-state index contributed by atoms with van der Waals surface area (Å²) in [5, 5.41) is 3.92. The van der Waals surface area contributed by atoms with Crippen molar-refractivity contribution in [3.63, 3.8) is 0 Å². The number of hydrogen-bond acceptors (Lipinski definition) is 4. The number of nitrogens with zero attached hydrogens (tertiary/aromatic N) is 1. The Morgan fingerprint density at radius 2 is 1.95 bits per heavy atom. The number of para-hydroxylation sites is 1. The molecule has 5 heteroatoms. The van der Waals surface area contributed by atoms with Crippen molar-refractivity contribution in [2.24, 2.45) is 5.10 Å². The molecular weight excluding hydrogens is 284 g/mol. The van der Waals surface area contributed by atoms with Crippen LogP contribution in [0.4, 0.5) is 0 Å². The standard InChI is InChI=1S/C16H18N2O2S/c1-11-5-4-6-12(2)16(11)20-10-15(19)18-17-9-14-8-7-13(3)21-14/h4-9H,10H2,1-3H3,(H,18,19). The van der Waals surface area contributed by atoms with E-state index in [1.165, 1.54) is 4.88 Å². The molecule has 21 heavy (non-hydrogen) atoms. The van der Waals surface area contributed by atoms with Gasteiger partial charge in [-0.1, -0.05) is 18.2 Å². The van der Waals surface area contributed by atoms with Gasteiger partial charge >= 0.3 is 0 Å². The van der Waals surface area contributed by atoms with Crippen LogP contribution in [-0.2, 0) is 4.79 Å². The zero-order valence-electron chi connectivity index (χ0n) is 12.3. The van der Waals surface area contributed by atoms with E-state index in [2.05, 4.69) is 10.5 Å². The summed E-state index contributed by atoms with van der Waals surface area (Å²) in [7, 11) is 0. The number of amides is 1. The maximum atomic E-state index is 11.7. The van der Waals surface area contributed by atoms with Crippen LogP contribution in [0.2, 0.25) is 0 Å². The predicted molar refractivity (Wildman–Crippen MR) is 86.2 cm³/mol. The van der Waals surface area contributed by atoms with E-state index in [-0.39, 0.29) is 12.5 Å². The van der Waals surface area contributed by atoms with Crippen LogP contribution in [-0.4, -0.2) is 18.7 Å². The first-order valence-electron chi connectivity index (χ1n) is 6.63. The zero-order chi connectivity index (χ0) is 15.2. The highest BCUT2D eigenvalue weighted by Crippen LogP contribution is 2.21. The summed E-state index contributed by atoms with van der Waals surface area (Å²) in [5.74, 6) is 0.479. The third-order valence-electron chi connectivity index (χ3n) is 2.90. The molecule has 0 bridgehead atoms. The number of aryl methyl sites for hydroxylation is 3. The van der Waals surface area contributed by atoms with Crippen LogP contribution < -0.4 is 10.2 Å². The fourth-order valence-electron chi connectivity index (χ4n) is 1.89. The molecule has 0 spiro atoms. The largest absolute Gasteiger partial charge is 0.483 e. The molecule has 0 aliphatic rings. The molecule has 0 unspecified atom stereocenters. The molecule has 2 aromatic rings. The number of hydrogen-bond donors (Lipinski definition) is 1. The minimum absolute atomic E-state index is 0.0491. The molecule has 1 aromatic carbocycles. The summed E-state index contributed by atoms with van der Waals surface area (Å²) in [4.78, 5) is 13.9. The average Bonchev–Trinajstić information content (AvgIpc) is 2.84. The van der Waals surface area contributed by atoms with E-state index in [4.69, 9.17) is 4.74 Å². The lowest BCUT2D eigenvalue weighted by atomic mass is 10.1. The summed E-state index contributed by atoms with van der Waals surface area (Å²) >= 11 is 1.62. The Bertz CT molecular complexity index is 642. The van der Waals surface area contributed by atoms with Gasteiger partial charge in [0, 0.05) is 9.75 Å². The first-order chi connectivity index (χ1) is 10.1. The number of thiophene rings is 1. The molecule has 1 heterocycles. The van der Waals surface area contributed by atoms with Crippen LogP contribution in [0.15, 0.2) is 35.4 Å². The molecule has 0 saturated carbocycles. The predicted octanol–water partition coefficient (Wildman–Crippen LogP) is 3.20. The van der Waals surface area contributed by atoms with E-state index in [9.17, 15) is 4.79 Å². The molecule has 110 valence electrons. The van der Waals surface area contributed by atoms with E-state index < -0.39 is 0 Å².